The van der Waals surface area contributed by atoms with E-state index in [1.54, 1.807) is 24.3 Å². The van der Waals surface area contributed by atoms with Gasteiger partial charge >= 0.3 is 0 Å². The van der Waals surface area contributed by atoms with Gasteiger partial charge in [0.15, 0.2) is 0 Å². The summed E-state index contributed by atoms with van der Waals surface area (Å²) in [7, 11) is 0. The van der Waals surface area contributed by atoms with Gasteiger partial charge in [-0.3, -0.25) is 9.59 Å². The molecule has 3 nitrogen and oxygen atoms in total. The number of fused-ring (bicyclic) bond motifs is 1. The summed E-state index contributed by atoms with van der Waals surface area (Å²) in [5, 5.41) is 0. The normalized spacial score (nSPS) is 13.2. The second kappa shape index (κ2) is 5.13. The summed E-state index contributed by atoms with van der Waals surface area (Å²) in [4.78, 5) is 23.2. The second-order valence-electron chi connectivity index (χ2n) is 4.52. The van der Waals surface area contributed by atoms with Crippen molar-refractivity contribution in [2.75, 3.05) is 0 Å². The van der Waals surface area contributed by atoms with Gasteiger partial charge in [-0.05, 0) is 23.8 Å². The topological polar surface area (TPSA) is 43.4 Å². The fourth-order valence-corrected chi connectivity index (χ4v) is 2.14. The highest BCUT2D eigenvalue weighted by atomic mass is 16.5. The molecule has 0 fully saturated rings. The van der Waals surface area contributed by atoms with Crippen LogP contribution in [-0.2, 0) is 11.4 Å². The molecular weight excluding hydrogens is 252 g/mol. The van der Waals surface area contributed by atoms with Crippen molar-refractivity contribution in [3.05, 3.63) is 71.3 Å². The number of carbonyl (C=O) groups excluding carboxylic acids is 2. The molecule has 0 N–H and O–H groups in total. The average molecular weight is 264 g/mol. The lowest BCUT2D eigenvalue weighted by Crippen LogP contribution is -2.16. The molecule has 2 aromatic carbocycles. The molecule has 0 aromatic heterocycles. The summed E-state index contributed by atoms with van der Waals surface area (Å²) in [6.45, 7) is 0.424. The number of ketones is 2. The first-order chi connectivity index (χ1) is 9.75. The third-order valence-electron chi connectivity index (χ3n) is 3.17. The molecule has 0 saturated carbocycles. The van der Waals surface area contributed by atoms with Crippen molar-refractivity contribution < 1.29 is 14.3 Å². The quantitative estimate of drug-likeness (QED) is 0.800. The number of Topliss-reactive ketones (excluding diaryl/α,β-unsaturated/α-hetero) is 1. The number of hydrogen-bond donors (Lipinski definition) is 0. The Morgan fingerprint density at radius 2 is 1.65 bits per heavy atom. The summed E-state index contributed by atoms with van der Waals surface area (Å²) in [6.07, 6.45) is 2.93. The molecule has 0 unspecified atom stereocenters. The van der Waals surface area contributed by atoms with Crippen LogP contribution in [0.4, 0.5) is 0 Å². The number of carbonyl (C=O) groups is 2. The van der Waals surface area contributed by atoms with Crippen LogP contribution in [0, 0.1) is 0 Å². The van der Waals surface area contributed by atoms with Crippen LogP contribution in [-0.4, -0.2) is 11.6 Å². The van der Waals surface area contributed by atoms with Crippen LogP contribution in [0.3, 0.4) is 0 Å². The molecule has 1 aliphatic carbocycles. The number of ether oxygens (including phenoxy) is 1. The van der Waals surface area contributed by atoms with Gasteiger partial charge in [0.1, 0.15) is 12.4 Å². The maximum absolute atomic E-state index is 11.8. The molecule has 20 heavy (non-hydrogen) atoms. The van der Waals surface area contributed by atoms with Crippen molar-refractivity contribution in [1.29, 1.82) is 0 Å². The van der Waals surface area contributed by atoms with E-state index in [1.165, 1.54) is 6.08 Å². The van der Waals surface area contributed by atoms with Gasteiger partial charge in [-0.15, -0.1) is 0 Å². The fourth-order valence-electron chi connectivity index (χ4n) is 2.14. The van der Waals surface area contributed by atoms with Crippen molar-refractivity contribution in [2.45, 2.75) is 6.61 Å². The van der Waals surface area contributed by atoms with Crippen LogP contribution < -0.4 is 4.74 Å². The van der Waals surface area contributed by atoms with E-state index >= 15 is 0 Å². The molecule has 0 radical (unpaired) electrons. The third kappa shape index (κ3) is 2.26. The highest BCUT2D eigenvalue weighted by Gasteiger charge is 2.22. The minimum absolute atomic E-state index is 0.406. The van der Waals surface area contributed by atoms with E-state index in [2.05, 4.69) is 0 Å². The lowest BCUT2D eigenvalue weighted by Gasteiger charge is -2.14. The van der Waals surface area contributed by atoms with E-state index < -0.39 is 11.6 Å². The smallest absolute Gasteiger partial charge is 0.233 e. The van der Waals surface area contributed by atoms with Gasteiger partial charge in [-0.25, -0.2) is 0 Å². The Morgan fingerprint density at radius 1 is 0.850 bits per heavy atom. The largest absolute Gasteiger partial charge is 0.488 e. The third-order valence-corrected chi connectivity index (χ3v) is 3.17. The summed E-state index contributed by atoms with van der Waals surface area (Å²) < 4.78 is 5.76. The van der Waals surface area contributed by atoms with Crippen LogP contribution in [0.15, 0.2) is 54.6 Å². The summed E-state index contributed by atoms with van der Waals surface area (Å²) in [5.74, 6) is -0.353. The molecule has 0 atom stereocenters. The van der Waals surface area contributed by atoms with Gasteiger partial charge in [0.25, 0.3) is 0 Å². The van der Waals surface area contributed by atoms with Crippen molar-refractivity contribution in [2.24, 2.45) is 0 Å². The van der Waals surface area contributed by atoms with E-state index in [9.17, 15) is 9.59 Å². The molecule has 0 bridgehead atoms. The van der Waals surface area contributed by atoms with E-state index in [-0.39, 0.29) is 0 Å². The fraction of sp³-hybridized carbons (Fsp3) is 0.0588. The molecular formula is C17H12O3. The lowest BCUT2D eigenvalue weighted by molar-refractivity contribution is -0.110. The first-order valence-corrected chi connectivity index (χ1v) is 6.32. The van der Waals surface area contributed by atoms with Crippen LogP contribution >= 0.6 is 0 Å². The first kappa shape index (κ1) is 12.4. The van der Waals surface area contributed by atoms with Crippen LogP contribution in [0.5, 0.6) is 5.75 Å². The Kier molecular flexibility index (Phi) is 3.17. The number of allylic oxidation sites excluding steroid dienone is 1. The number of rotatable bonds is 3. The van der Waals surface area contributed by atoms with Crippen molar-refractivity contribution in [3.8, 4) is 5.75 Å². The van der Waals surface area contributed by atoms with Crippen LogP contribution in [0.1, 0.15) is 21.5 Å². The van der Waals surface area contributed by atoms with Gasteiger partial charge < -0.3 is 4.74 Å². The van der Waals surface area contributed by atoms with Crippen LogP contribution in [0.25, 0.3) is 6.08 Å². The minimum atomic E-state index is -0.488. The Balaban J connectivity index is 1.88. The summed E-state index contributed by atoms with van der Waals surface area (Å²) in [5.41, 5.74) is 2.13. The molecule has 0 saturated heterocycles. The van der Waals surface area contributed by atoms with Gasteiger partial charge in [0.05, 0.1) is 0 Å². The standard InChI is InChI=1S/C17H12O3/c18-15-10-9-13-14(17(15)19)7-4-8-16(13)20-11-12-5-2-1-3-6-12/h1-10H,11H2. The lowest BCUT2D eigenvalue weighted by atomic mass is 9.95. The monoisotopic (exact) mass is 264 g/mol. The Morgan fingerprint density at radius 3 is 2.45 bits per heavy atom. The zero-order chi connectivity index (χ0) is 13.9. The van der Waals surface area contributed by atoms with Gasteiger partial charge in [0.2, 0.25) is 11.6 Å². The molecule has 0 spiro atoms. The molecule has 1 aliphatic rings. The predicted octanol–water partition coefficient (Wildman–Crippen LogP) is 3.04. The van der Waals surface area contributed by atoms with Crippen molar-refractivity contribution >= 4 is 17.6 Å². The summed E-state index contributed by atoms with van der Waals surface area (Å²) >= 11 is 0. The maximum Gasteiger partial charge on any atom is 0.233 e. The first-order valence-electron chi connectivity index (χ1n) is 6.32. The minimum Gasteiger partial charge on any atom is -0.488 e. The van der Waals surface area contributed by atoms with Gasteiger partial charge in [-0.1, -0.05) is 42.5 Å². The Hall–Kier alpha value is -2.68. The molecule has 0 aliphatic heterocycles. The average Bonchev–Trinajstić information content (AvgIpc) is 2.50. The molecule has 98 valence electrons. The van der Waals surface area contributed by atoms with Crippen molar-refractivity contribution in [3.63, 3.8) is 0 Å². The Labute approximate surface area is 116 Å². The maximum atomic E-state index is 11.8. The zero-order valence-corrected chi connectivity index (χ0v) is 10.7. The van der Waals surface area contributed by atoms with Crippen molar-refractivity contribution in [1.82, 2.24) is 0 Å². The molecule has 0 heterocycles. The Bertz CT molecular complexity index is 699. The SMILES string of the molecule is O=C1C=Cc2c(OCc3ccccc3)cccc2C1=O. The second-order valence-corrected chi connectivity index (χ2v) is 4.52. The van der Waals surface area contributed by atoms with E-state index in [1.807, 2.05) is 30.3 Å². The molecule has 3 rings (SSSR count). The van der Waals surface area contributed by atoms with E-state index in [4.69, 9.17) is 4.74 Å². The number of hydrogen-bond acceptors (Lipinski definition) is 3. The van der Waals surface area contributed by atoms with Gasteiger partial charge in [-0.2, -0.15) is 0 Å². The molecule has 0 amide bonds. The number of benzene rings is 2. The highest BCUT2D eigenvalue weighted by molar-refractivity contribution is 6.50. The molecule has 3 heteroatoms. The van der Waals surface area contributed by atoms with Crippen LogP contribution in [0.2, 0.25) is 0 Å². The highest BCUT2D eigenvalue weighted by Crippen LogP contribution is 2.28. The van der Waals surface area contributed by atoms with Gasteiger partial charge in [0, 0.05) is 11.1 Å². The summed E-state index contributed by atoms with van der Waals surface area (Å²) in [6, 6.07) is 15.0. The van der Waals surface area contributed by atoms with E-state index in [0.717, 1.165) is 5.56 Å². The zero-order valence-electron chi connectivity index (χ0n) is 10.7. The predicted molar refractivity (Wildman–Crippen MR) is 75.6 cm³/mol. The molecule has 2 aromatic rings. The van der Waals surface area contributed by atoms with E-state index in [0.29, 0.717) is 23.5 Å².